The molecule has 0 N–H and O–H groups in total. The summed E-state index contributed by atoms with van der Waals surface area (Å²) in [5.74, 6) is 0. The maximum absolute atomic E-state index is 13.9. The number of alkyl halides is 9. The fourth-order valence-electron chi connectivity index (χ4n) is 3.42. The molecule has 0 aromatic heterocycles. The van der Waals surface area contributed by atoms with Crippen molar-refractivity contribution in [2.45, 2.75) is 28.3 Å². The SMILES string of the molecule is FC(F)(F)c1cc(C(F)(F)F)c(N2c3ccccc3Sc3ccccc32)c(C(F)(F)F)c1. The van der Waals surface area contributed by atoms with Gasteiger partial charge in [0.15, 0.2) is 0 Å². The smallest absolute Gasteiger partial charge is 0.307 e. The van der Waals surface area contributed by atoms with Crippen LogP contribution in [-0.4, -0.2) is 0 Å². The molecule has 32 heavy (non-hydrogen) atoms. The molecule has 1 nitrogen and oxygen atoms in total. The van der Waals surface area contributed by atoms with E-state index < -0.39 is 40.9 Å². The van der Waals surface area contributed by atoms with Crippen molar-refractivity contribution in [2.24, 2.45) is 0 Å². The lowest BCUT2D eigenvalue weighted by Crippen LogP contribution is -2.25. The highest BCUT2D eigenvalue weighted by Crippen LogP contribution is 2.56. The second-order valence-electron chi connectivity index (χ2n) is 6.79. The number of hydrogen-bond donors (Lipinski definition) is 0. The van der Waals surface area contributed by atoms with Gasteiger partial charge in [-0.2, -0.15) is 39.5 Å². The standard InChI is InChI=1S/C21H10F9NS/c22-19(23,24)11-9-12(20(25,26)27)18(13(10-11)21(28,29)30)31-14-5-1-3-7-16(14)32-17-8-4-2-6-15(17)31/h1-10H. The first kappa shape index (κ1) is 22.4. The fourth-order valence-corrected chi connectivity index (χ4v) is 4.47. The maximum Gasteiger partial charge on any atom is 0.418 e. The van der Waals surface area contributed by atoms with Crippen LogP contribution in [0.15, 0.2) is 70.5 Å². The third-order valence-corrected chi connectivity index (χ3v) is 5.83. The molecule has 168 valence electrons. The first-order valence-corrected chi connectivity index (χ1v) is 9.66. The van der Waals surface area contributed by atoms with Crippen molar-refractivity contribution >= 4 is 28.8 Å². The topological polar surface area (TPSA) is 3.24 Å². The van der Waals surface area contributed by atoms with Crippen molar-refractivity contribution in [1.29, 1.82) is 0 Å². The van der Waals surface area contributed by atoms with Crippen LogP contribution in [0.3, 0.4) is 0 Å². The van der Waals surface area contributed by atoms with E-state index in [1.807, 2.05) is 0 Å². The van der Waals surface area contributed by atoms with Gasteiger partial charge in [0, 0.05) is 9.79 Å². The van der Waals surface area contributed by atoms with E-state index in [2.05, 4.69) is 0 Å². The summed E-state index contributed by atoms with van der Waals surface area (Å²) in [6, 6.07) is 11.0. The van der Waals surface area contributed by atoms with Gasteiger partial charge in [-0.25, -0.2) is 0 Å². The maximum atomic E-state index is 13.9. The van der Waals surface area contributed by atoms with Gasteiger partial charge in [0.25, 0.3) is 0 Å². The lowest BCUT2D eigenvalue weighted by atomic mass is 9.98. The third-order valence-electron chi connectivity index (χ3n) is 4.70. The summed E-state index contributed by atoms with van der Waals surface area (Å²) in [5.41, 5.74) is -7.52. The van der Waals surface area contributed by atoms with Crippen LogP contribution >= 0.6 is 11.8 Å². The van der Waals surface area contributed by atoms with Gasteiger partial charge in [-0.15, -0.1) is 0 Å². The number of hydrogen-bond acceptors (Lipinski definition) is 2. The number of fused-ring (bicyclic) bond motifs is 2. The predicted molar refractivity (Wildman–Crippen MR) is 100 cm³/mol. The Labute approximate surface area is 179 Å². The normalized spacial score (nSPS) is 14.2. The summed E-state index contributed by atoms with van der Waals surface area (Å²) in [7, 11) is 0. The Hall–Kier alpha value is -2.82. The third kappa shape index (κ3) is 3.89. The van der Waals surface area contributed by atoms with Crippen molar-refractivity contribution in [3.8, 4) is 0 Å². The van der Waals surface area contributed by atoms with Crippen LogP contribution in [0.2, 0.25) is 0 Å². The van der Waals surface area contributed by atoms with E-state index in [0.29, 0.717) is 9.79 Å². The van der Waals surface area contributed by atoms with Crippen LogP contribution in [0.5, 0.6) is 0 Å². The largest absolute Gasteiger partial charge is 0.418 e. The number of rotatable bonds is 1. The molecule has 4 rings (SSSR count). The highest BCUT2D eigenvalue weighted by Gasteiger charge is 2.47. The van der Waals surface area contributed by atoms with Gasteiger partial charge in [-0.3, -0.25) is 0 Å². The molecule has 1 aliphatic heterocycles. The highest BCUT2D eigenvalue weighted by atomic mass is 32.2. The number of anilines is 3. The Bertz CT molecular complexity index is 1100. The summed E-state index contributed by atoms with van der Waals surface area (Å²) in [6.45, 7) is 0. The summed E-state index contributed by atoms with van der Waals surface area (Å²) in [6.07, 6.45) is -16.4. The number of para-hydroxylation sites is 2. The zero-order valence-corrected chi connectivity index (χ0v) is 16.3. The van der Waals surface area contributed by atoms with E-state index in [1.54, 1.807) is 12.1 Å². The first-order chi connectivity index (χ1) is 14.8. The quantitative estimate of drug-likeness (QED) is 0.251. The van der Waals surface area contributed by atoms with Crippen molar-refractivity contribution in [3.05, 3.63) is 77.4 Å². The zero-order chi connectivity index (χ0) is 23.5. The molecule has 0 saturated heterocycles. The molecule has 0 amide bonds. The Morgan fingerprint density at radius 2 is 0.969 bits per heavy atom. The van der Waals surface area contributed by atoms with Gasteiger partial charge in [-0.1, -0.05) is 36.0 Å². The predicted octanol–water partition coefficient (Wildman–Crippen LogP) is 8.68. The second kappa shape index (κ2) is 7.36. The van der Waals surface area contributed by atoms with Gasteiger partial charge >= 0.3 is 18.5 Å². The molecule has 3 aromatic carbocycles. The van der Waals surface area contributed by atoms with Crippen LogP contribution < -0.4 is 4.90 Å². The van der Waals surface area contributed by atoms with Crippen LogP contribution in [0.4, 0.5) is 56.6 Å². The number of nitrogens with zero attached hydrogens (tertiary/aromatic N) is 1. The van der Waals surface area contributed by atoms with Gasteiger partial charge in [0.05, 0.1) is 33.8 Å². The van der Waals surface area contributed by atoms with Crippen molar-refractivity contribution in [3.63, 3.8) is 0 Å². The molecule has 0 spiro atoms. The van der Waals surface area contributed by atoms with Crippen LogP contribution in [0, 0.1) is 0 Å². The number of halogens is 9. The average Bonchev–Trinajstić information content (AvgIpc) is 2.69. The van der Waals surface area contributed by atoms with Crippen LogP contribution in [-0.2, 0) is 18.5 Å². The fraction of sp³-hybridized carbons (Fsp3) is 0.143. The summed E-state index contributed by atoms with van der Waals surface area (Å²) in [4.78, 5) is 1.44. The molecular formula is C21H10F9NS. The molecule has 0 atom stereocenters. The van der Waals surface area contributed by atoms with E-state index in [1.165, 1.54) is 36.4 Å². The van der Waals surface area contributed by atoms with E-state index in [-0.39, 0.29) is 23.5 Å². The summed E-state index contributed by atoms with van der Waals surface area (Å²) in [5, 5.41) is 0. The monoisotopic (exact) mass is 479 g/mol. The minimum absolute atomic E-state index is 0.00745. The second-order valence-corrected chi connectivity index (χ2v) is 7.87. The van der Waals surface area contributed by atoms with Crippen molar-refractivity contribution in [1.82, 2.24) is 0 Å². The minimum Gasteiger partial charge on any atom is -0.307 e. The van der Waals surface area contributed by atoms with Crippen molar-refractivity contribution in [2.75, 3.05) is 4.90 Å². The molecule has 0 fully saturated rings. The van der Waals surface area contributed by atoms with Gasteiger partial charge in [0.2, 0.25) is 0 Å². The molecular weight excluding hydrogens is 469 g/mol. The molecule has 0 unspecified atom stereocenters. The molecule has 3 aromatic rings. The van der Waals surface area contributed by atoms with Crippen LogP contribution in [0.1, 0.15) is 16.7 Å². The van der Waals surface area contributed by atoms with Gasteiger partial charge in [-0.05, 0) is 36.4 Å². The molecule has 1 aliphatic rings. The molecule has 11 heteroatoms. The Morgan fingerprint density at radius 3 is 1.34 bits per heavy atom. The Morgan fingerprint density at radius 1 is 0.562 bits per heavy atom. The molecule has 0 saturated carbocycles. The lowest BCUT2D eigenvalue weighted by Gasteiger charge is -2.36. The molecule has 1 heterocycles. The van der Waals surface area contributed by atoms with Crippen molar-refractivity contribution < 1.29 is 39.5 Å². The van der Waals surface area contributed by atoms with E-state index in [0.717, 1.165) is 16.7 Å². The van der Waals surface area contributed by atoms with Gasteiger partial charge in [0.1, 0.15) is 0 Å². The van der Waals surface area contributed by atoms with E-state index in [9.17, 15) is 39.5 Å². The number of benzene rings is 3. The van der Waals surface area contributed by atoms with E-state index in [4.69, 9.17) is 0 Å². The van der Waals surface area contributed by atoms with Gasteiger partial charge < -0.3 is 4.90 Å². The summed E-state index contributed by atoms with van der Waals surface area (Å²) < 4.78 is 123. The Balaban J connectivity index is 2.15. The zero-order valence-electron chi connectivity index (χ0n) is 15.5. The molecule has 0 radical (unpaired) electrons. The minimum atomic E-state index is -5.49. The molecule has 0 bridgehead atoms. The highest BCUT2D eigenvalue weighted by molar-refractivity contribution is 7.99. The van der Waals surface area contributed by atoms with E-state index >= 15 is 0 Å². The molecule has 0 aliphatic carbocycles. The average molecular weight is 479 g/mol. The first-order valence-electron chi connectivity index (χ1n) is 8.84. The lowest BCUT2D eigenvalue weighted by molar-refractivity contribution is -0.147. The summed E-state index contributed by atoms with van der Waals surface area (Å²) >= 11 is 1.13. The van der Waals surface area contributed by atoms with Crippen LogP contribution in [0.25, 0.3) is 0 Å². The Kier molecular flexibility index (Phi) is 5.15.